The van der Waals surface area contributed by atoms with E-state index in [0.29, 0.717) is 22.4 Å². The lowest BCUT2D eigenvalue weighted by Gasteiger charge is -2.19. The lowest BCUT2D eigenvalue weighted by Crippen LogP contribution is -2.35. The first kappa shape index (κ1) is 25.2. The molecule has 3 aromatic carbocycles. The molecule has 2 amide bonds. The number of rotatable bonds is 6. The third-order valence-corrected chi connectivity index (χ3v) is 6.30. The molecular weight excluding hydrogens is 476 g/mol. The third-order valence-electron chi connectivity index (χ3n) is 6.30. The molecule has 3 aromatic rings. The first-order valence-electron chi connectivity index (χ1n) is 11.3. The van der Waals surface area contributed by atoms with E-state index in [1.165, 1.54) is 42.3 Å². The van der Waals surface area contributed by atoms with Gasteiger partial charge >= 0.3 is 6.18 Å². The number of halogens is 4. The van der Waals surface area contributed by atoms with Gasteiger partial charge in [-0.2, -0.15) is 13.2 Å². The number of benzene rings is 3. The number of hydrogen-bond acceptors (Lipinski definition) is 3. The predicted octanol–water partition coefficient (Wildman–Crippen LogP) is 5.03. The first-order valence-corrected chi connectivity index (χ1v) is 11.3. The highest BCUT2D eigenvalue weighted by atomic mass is 19.4. The molecule has 188 valence electrons. The number of ether oxygens (including phenoxy) is 1. The summed E-state index contributed by atoms with van der Waals surface area (Å²) in [7, 11) is 1.51. The van der Waals surface area contributed by atoms with Crippen molar-refractivity contribution in [3.05, 3.63) is 101 Å². The van der Waals surface area contributed by atoms with Gasteiger partial charge in [-0.05, 0) is 53.6 Å². The second kappa shape index (κ2) is 10.4. The minimum Gasteiger partial charge on any atom is -0.497 e. The minimum atomic E-state index is -4.53. The maximum Gasteiger partial charge on any atom is 0.416 e. The van der Waals surface area contributed by atoms with E-state index in [9.17, 15) is 27.2 Å². The Morgan fingerprint density at radius 1 is 1.00 bits per heavy atom. The molecule has 5 nitrogen and oxygen atoms in total. The number of hydrogen-bond donors (Lipinski definition) is 1. The Morgan fingerprint density at radius 3 is 2.33 bits per heavy atom. The van der Waals surface area contributed by atoms with E-state index < -0.39 is 35.3 Å². The van der Waals surface area contributed by atoms with E-state index in [0.717, 1.165) is 12.1 Å². The minimum absolute atomic E-state index is 0.0427. The van der Waals surface area contributed by atoms with Crippen molar-refractivity contribution >= 4 is 11.8 Å². The normalized spacial score (nSPS) is 17.6. The van der Waals surface area contributed by atoms with Gasteiger partial charge in [0.2, 0.25) is 5.91 Å². The van der Waals surface area contributed by atoms with Gasteiger partial charge < -0.3 is 15.0 Å². The summed E-state index contributed by atoms with van der Waals surface area (Å²) >= 11 is 0. The molecule has 0 saturated carbocycles. The van der Waals surface area contributed by atoms with Gasteiger partial charge in [0.25, 0.3) is 5.91 Å². The summed E-state index contributed by atoms with van der Waals surface area (Å²) in [6.07, 6.45) is -4.53. The van der Waals surface area contributed by atoms with Crippen LogP contribution in [0.5, 0.6) is 5.75 Å². The molecule has 1 aliphatic heterocycles. The number of likely N-dealkylation sites (tertiary alicyclic amines) is 1. The van der Waals surface area contributed by atoms with Crippen LogP contribution in [0.4, 0.5) is 17.6 Å². The van der Waals surface area contributed by atoms with E-state index in [4.69, 9.17) is 4.74 Å². The van der Waals surface area contributed by atoms with Crippen LogP contribution in [0.25, 0.3) is 0 Å². The van der Waals surface area contributed by atoms with Crippen LogP contribution in [0.15, 0.2) is 72.8 Å². The zero-order chi connectivity index (χ0) is 25.9. The molecule has 0 unspecified atom stereocenters. The zero-order valence-corrected chi connectivity index (χ0v) is 19.4. The van der Waals surface area contributed by atoms with E-state index in [-0.39, 0.29) is 25.5 Å². The highest BCUT2D eigenvalue weighted by Crippen LogP contribution is 2.37. The average Bonchev–Trinajstić information content (AvgIpc) is 3.33. The summed E-state index contributed by atoms with van der Waals surface area (Å²) in [5, 5.41) is 2.78. The van der Waals surface area contributed by atoms with E-state index in [2.05, 4.69) is 5.32 Å². The zero-order valence-electron chi connectivity index (χ0n) is 19.4. The van der Waals surface area contributed by atoms with Gasteiger partial charge in [0.1, 0.15) is 11.6 Å². The largest absolute Gasteiger partial charge is 0.497 e. The summed E-state index contributed by atoms with van der Waals surface area (Å²) in [5.41, 5.74) is 0.567. The molecule has 4 rings (SSSR count). The molecule has 1 fully saturated rings. The Hall–Kier alpha value is -3.88. The second-order valence-corrected chi connectivity index (χ2v) is 8.62. The molecule has 1 heterocycles. The first-order chi connectivity index (χ1) is 17.2. The van der Waals surface area contributed by atoms with Gasteiger partial charge in [0.05, 0.1) is 18.6 Å². The molecule has 36 heavy (non-hydrogen) atoms. The molecule has 2 atom stereocenters. The highest BCUT2D eigenvalue weighted by Gasteiger charge is 2.41. The van der Waals surface area contributed by atoms with Gasteiger partial charge in [-0.25, -0.2) is 4.39 Å². The summed E-state index contributed by atoms with van der Waals surface area (Å²) in [5.74, 6) is -1.96. The van der Waals surface area contributed by atoms with Gasteiger partial charge in [-0.1, -0.05) is 30.3 Å². The van der Waals surface area contributed by atoms with Crippen molar-refractivity contribution in [2.45, 2.75) is 18.6 Å². The van der Waals surface area contributed by atoms with Gasteiger partial charge in [0.15, 0.2) is 0 Å². The number of alkyl halides is 3. The standard InChI is InChI=1S/C27H24F4N2O3/c1-36-22-11-7-18(8-12-22)26(35)33-15-23(19-3-2-4-20(13-19)27(29,30)31)24(16-33)25(34)32-14-17-5-9-21(28)10-6-17/h2-13,23-24H,14-16H2,1H3,(H,32,34)/t23-,24+/m1/s1. The summed E-state index contributed by atoms with van der Waals surface area (Å²) < 4.78 is 58.4. The molecule has 9 heteroatoms. The predicted molar refractivity (Wildman–Crippen MR) is 125 cm³/mol. The maximum absolute atomic E-state index is 13.4. The number of amides is 2. The van der Waals surface area contributed by atoms with E-state index >= 15 is 0 Å². The van der Waals surface area contributed by atoms with Gasteiger partial charge in [-0.3, -0.25) is 9.59 Å². The van der Waals surface area contributed by atoms with Gasteiger partial charge in [0, 0.05) is 31.1 Å². The molecule has 1 saturated heterocycles. The third kappa shape index (κ3) is 5.67. The SMILES string of the molecule is COc1ccc(C(=O)N2C[C@H](C(=O)NCc3ccc(F)cc3)[C@@H](c3cccc(C(F)(F)F)c3)C2)cc1. The van der Waals surface area contributed by atoms with Crippen LogP contribution >= 0.6 is 0 Å². The summed E-state index contributed by atoms with van der Waals surface area (Å²) in [6, 6.07) is 17.0. The molecule has 0 bridgehead atoms. The number of methoxy groups -OCH3 is 1. The lowest BCUT2D eigenvalue weighted by molar-refractivity contribution is -0.137. The Labute approximate surface area is 205 Å². The number of carbonyl (C=O) groups excluding carboxylic acids is 2. The maximum atomic E-state index is 13.4. The van der Waals surface area contributed by atoms with Crippen LogP contribution in [0.3, 0.4) is 0 Å². The van der Waals surface area contributed by atoms with Crippen molar-refractivity contribution in [1.82, 2.24) is 10.2 Å². The Bertz CT molecular complexity index is 1230. The molecule has 0 radical (unpaired) electrons. The second-order valence-electron chi connectivity index (χ2n) is 8.62. The van der Waals surface area contributed by atoms with Crippen LogP contribution in [0.2, 0.25) is 0 Å². The fourth-order valence-corrected chi connectivity index (χ4v) is 4.36. The quantitative estimate of drug-likeness (QED) is 0.484. The Balaban J connectivity index is 1.58. The Kier molecular flexibility index (Phi) is 7.28. The van der Waals surface area contributed by atoms with Crippen LogP contribution in [-0.4, -0.2) is 36.9 Å². The molecular formula is C27H24F4N2O3. The van der Waals surface area contributed by atoms with Gasteiger partial charge in [-0.15, -0.1) is 0 Å². The molecule has 1 aliphatic rings. The fourth-order valence-electron chi connectivity index (χ4n) is 4.36. The number of nitrogens with one attached hydrogen (secondary N) is 1. The monoisotopic (exact) mass is 500 g/mol. The smallest absolute Gasteiger partial charge is 0.416 e. The van der Waals surface area contributed by atoms with Crippen LogP contribution < -0.4 is 10.1 Å². The van der Waals surface area contributed by atoms with E-state index in [1.807, 2.05) is 0 Å². The van der Waals surface area contributed by atoms with Crippen LogP contribution in [0, 0.1) is 11.7 Å². The van der Waals surface area contributed by atoms with E-state index in [1.54, 1.807) is 30.3 Å². The lowest BCUT2D eigenvalue weighted by atomic mass is 9.87. The van der Waals surface area contributed by atoms with Crippen LogP contribution in [0.1, 0.15) is 33.0 Å². The molecule has 0 spiro atoms. The van der Waals surface area contributed by atoms with Crippen molar-refractivity contribution < 1.29 is 31.9 Å². The summed E-state index contributed by atoms with van der Waals surface area (Å²) in [4.78, 5) is 27.8. The fraction of sp³-hybridized carbons (Fsp3) is 0.259. The number of carbonyl (C=O) groups is 2. The van der Waals surface area contributed by atoms with Crippen molar-refractivity contribution in [2.24, 2.45) is 5.92 Å². The highest BCUT2D eigenvalue weighted by molar-refractivity contribution is 5.95. The van der Waals surface area contributed by atoms with Crippen molar-refractivity contribution in [2.75, 3.05) is 20.2 Å². The molecule has 1 N–H and O–H groups in total. The van der Waals surface area contributed by atoms with Crippen LogP contribution in [-0.2, 0) is 17.5 Å². The number of nitrogens with zero attached hydrogens (tertiary/aromatic N) is 1. The topological polar surface area (TPSA) is 58.6 Å². The van der Waals surface area contributed by atoms with Crippen molar-refractivity contribution in [1.29, 1.82) is 0 Å². The average molecular weight is 500 g/mol. The summed E-state index contributed by atoms with van der Waals surface area (Å²) in [6.45, 7) is 0.249. The van der Waals surface area contributed by atoms with Crippen molar-refractivity contribution in [3.63, 3.8) is 0 Å². The molecule has 0 aromatic heterocycles. The Morgan fingerprint density at radius 2 is 1.69 bits per heavy atom. The van der Waals surface area contributed by atoms with Crippen molar-refractivity contribution in [3.8, 4) is 5.75 Å². The molecule has 0 aliphatic carbocycles.